The summed E-state index contributed by atoms with van der Waals surface area (Å²) in [6.45, 7) is 7.77. The molecule has 1 aliphatic heterocycles. The summed E-state index contributed by atoms with van der Waals surface area (Å²) in [7, 11) is 0. The Balaban J connectivity index is 1.86. The SMILES string of the molecule is CCCNC1CCN(c2cncc(C)c2)CC1. The predicted molar refractivity (Wildman–Crippen MR) is 72.5 cm³/mol. The lowest BCUT2D eigenvalue weighted by Crippen LogP contribution is -2.42. The summed E-state index contributed by atoms with van der Waals surface area (Å²) in [5.74, 6) is 0. The van der Waals surface area contributed by atoms with Crippen LogP contribution in [0.25, 0.3) is 0 Å². The Morgan fingerprint density at radius 3 is 2.76 bits per heavy atom. The Labute approximate surface area is 104 Å². The van der Waals surface area contributed by atoms with Gasteiger partial charge in [0.25, 0.3) is 0 Å². The van der Waals surface area contributed by atoms with E-state index in [1.165, 1.54) is 30.5 Å². The molecule has 0 aliphatic carbocycles. The summed E-state index contributed by atoms with van der Waals surface area (Å²) in [4.78, 5) is 6.72. The maximum absolute atomic E-state index is 4.27. The summed E-state index contributed by atoms with van der Waals surface area (Å²) in [6, 6.07) is 2.94. The minimum atomic E-state index is 0.712. The first-order chi connectivity index (χ1) is 8.29. The molecule has 3 heteroatoms. The standard InChI is InChI=1S/C14H23N3/c1-3-6-16-13-4-7-17(8-5-13)14-9-12(2)10-15-11-14/h9-11,13,16H,3-8H2,1-2H3. The van der Waals surface area contributed by atoms with Crippen molar-refractivity contribution in [3.63, 3.8) is 0 Å². The molecule has 1 aliphatic rings. The smallest absolute Gasteiger partial charge is 0.0555 e. The molecule has 0 radical (unpaired) electrons. The predicted octanol–water partition coefficient (Wildman–Crippen LogP) is 2.36. The second-order valence-electron chi connectivity index (χ2n) is 4.94. The first kappa shape index (κ1) is 12.4. The van der Waals surface area contributed by atoms with Crippen molar-refractivity contribution >= 4 is 5.69 Å². The molecule has 1 saturated heterocycles. The monoisotopic (exact) mass is 233 g/mol. The summed E-state index contributed by atoms with van der Waals surface area (Å²) < 4.78 is 0. The largest absolute Gasteiger partial charge is 0.370 e. The molecule has 2 heterocycles. The van der Waals surface area contributed by atoms with Crippen molar-refractivity contribution in [3.8, 4) is 0 Å². The molecule has 94 valence electrons. The lowest BCUT2D eigenvalue weighted by molar-refractivity contribution is 0.416. The summed E-state index contributed by atoms with van der Waals surface area (Å²) >= 11 is 0. The van der Waals surface area contributed by atoms with Gasteiger partial charge >= 0.3 is 0 Å². The summed E-state index contributed by atoms with van der Waals surface area (Å²) in [5, 5.41) is 3.61. The van der Waals surface area contributed by atoms with E-state index in [1.54, 1.807) is 0 Å². The fourth-order valence-corrected chi connectivity index (χ4v) is 2.40. The molecule has 1 N–H and O–H groups in total. The average Bonchev–Trinajstić information content (AvgIpc) is 2.37. The molecule has 1 fully saturated rings. The van der Waals surface area contributed by atoms with E-state index in [-0.39, 0.29) is 0 Å². The Hall–Kier alpha value is -1.09. The summed E-state index contributed by atoms with van der Waals surface area (Å²) in [5.41, 5.74) is 2.52. The van der Waals surface area contributed by atoms with Crippen LogP contribution in [0, 0.1) is 6.92 Å². The number of hydrogen-bond acceptors (Lipinski definition) is 3. The van der Waals surface area contributed by atoms with Crippen molar-refractivity contribution < 1.29 is 0 Å². The van der Waals surface area contributed by atoms with Crippen molar-refractivity contribution in [2.45, 2.75) is 39.2 Å². The van der Waals surface area contributed by atoms with Gasteiger partial charge in [-0.05, 0) is 44.4 Å². The number of rotatable bonds is 4. The second-order valence-corrected chi connectivity index (χ2v) is 4.94. The van der Waals surface area contributed by atoms with Crippen LogP contribution in [0.15, 0.2) is 18.5 Å². The van der Waals surface area contributed by atoms with Gasteiger partial charge in [0.2, 0.25) is 0 Å². The zero-order valence-electron chi connectivity index (χ0n) is 10.9. The molecule has 0 bridgehead atoms. The van der Waals surface area contributed by atoms with Gasteiger partial charge in [-0.3, -0.25) is 4.98 Å². The highest BCUT2D eigenvalue weighted by Gasteiger charge is 2.18. The Kier molecular flexibility index (Phi) is 4.37. The highest BCUT2D eigenvalue weighted by atomic mass is 15.2. The van der Waals surface area contributed by atoms with Crippen molar-refractivity contribution in [2.75, 3.05) is 24.5 Å². The van der Waals surface area contributed by atoms with Gasteiger partial charge in [0.05, 0.1) is 11.9 Å². The van der Waals surface area contributed by atoms with Gasteiger partial charge < -0.3 is 10.2 Å². The van der Waals surface area contributed by atoms with Gasteiger partial charge in [-0.1, -0.05) is 6.92 Å². The van der Waals surface area contributed by atoms with Gasteiger partial charge in [0.15, 0.2) is 0 Å². The molecule has 0 unspecified atom stereocenters. The molecule has 0 amide bonds. The van der Waals surface area contributed by atoms with E-state index >= 15 is 0 Å². The molecule has 0 atom stereocenters. The Bertz CT molecular complexity index is 343. The van der Waals surface area contributed by atoms with Crippen LogP contribution in [-0.2, 0) is 0 Å². The molecule has 17 heavy (non-hydrogen) atoms. The maximum atomic E-state index is 4.27. The van der Waals surface area contributed by atoms with Gasteiger partial charge in [0, 0.05) is 25.3 Å². The third-order valence-corrected chi connectivity index (χ3v) is 3.40. The van der Waals surface area contributed by atoms with Gasteiger partial charge in [0.1, 0.15) is 0 Å². The van der Waals surface area contributed by atoms with Crippen molar-refractivity contribution in [3.05, 3.63) is 24.0 Å². The van der Waals surface area contributed by atoms with E-state index in [0.717, 1.165) is 19.6 Å². The molecular weight excluding hydrogens is 210 g/mol. The lowest BCUT2D eigenvalue weighted by atomic mass is 10.0. The second kappa shape index (κ2) is 6.01. The van der Waals surface area contributed by atoms with E-state index in [9.17, 15) is 0 Å². The van der Waals surface area contributed by atoms with E-state index in [0.29, 0.717) is 6.04 Å². The average molecular weight is 233 g/mol. The fourth-order valence-electron chi connectivity index (χ4n) is 2.40. The minimum Gasteiger partial charge on any atom is -0.370 e. The summed E-state index contributed by atoms with van der Waals surface area (Å²) in [6.07, 6.45) is 7.61. The minimum absolute atomic E-state index is 0.712. The zero-order valence-corrected chi connectivity index (χ0v) is 10.9. The van der Waals surface area contributed by atoms with E-state index < -0.39 is 0 Å². The van der Waals surface area contributed by atoms with Gasteiger partial charge in [-0.15, -0.1) is 0 Å². The third kappa shape index (κ3) is 3.43. The number of nitrogens with zero attached hydrogens (tertiary/aromatic N) is 2. The van der Waals surface area contributed by atoms with Crippen molar-refractivity contribution in [1.29, 1.82) is 0 Å². The number of piperidine rings is 1. The molecule has 1 aromatic rings. The van der Waals surface area contributed by atoms with Crippen LogP contribution >= 0.6 is 0 Å². The van der Waals surface area contributed by atoms with Gasteiger partial charge in [-0.25, -0.2) is 0 Å². The maximum Gasteiger partial charge on any atom is 0.0555 e. The first-order valence-electron chi connectivity index (χ1n) is 6.69. The van der Waals surface area contributed by atoms with Crippen LogP contribution in [0.2, 0.25) is 0 Å². The Morgan fingerprint density at radius 2 is 2.12 bits per heavy atom. The van der Waals surface area contributed by atoms with E-state index in [1.807, 2.05) is 12.4 Å². The quantitative estimate of drug-likeness (QED) is 0.865. The fraction of sp³-hybridized carbons (Fsp3) is 0.643. The van der Waals surface area contributed by atoms with Crippen molar-refractivity contribution in [2.24, 2.45) is 0 Å². The van der Waals surface area contributed by atoms with Crippen LogP contribution in [-0.4, -0.2) is 30.7 Å². The molecule has 0 aromatic carbocycles. The first-order valence-corrected chi connectivity index (χ1v) is 6.69. The van der Waals surface area contributed by atoms with Crippen LogP contribution in [0.4, 0.5) is 5.69 Å². The molecule has 2 rings (SSSR count). The molecule has 1 aromatic heterocycles. The van der Waals surface area contributed by atoms with Crippen LogP contribution in [0.3, 0.4) is 0 Å². The topological polar surface area (TPSA) is 28.2 Å². The van der Waals surface area contributed by atoms with Crippen molar-refractivity contribution in [1.82, 2.24) is 10.3 Å². The molecular formula is C14H23N3. The highest BCUT2D eigenvalue weighted by molar-refractivity contribution is 5.46. The number of aryl methyl sites for hydroxylation is 1. The molecule has 0 spiro atoms. The normalized spacial score (nSPS) is 17.4. The number of pyridine rings is 1. The zero-order chi connectivity index (χ0) is 12.1. The highest BCUT2D eigenvalue weighted by Crippen LogP contribution is 2.19. The van der Waals surface area contributed by atoms with E-state index in [4.69, 9.17) is 0 Å². The third-order valence-electron chi connectivity index (χ3n) is 3.40. The van der Waals surface area contributed by atoms with Gasteiger partial charge in [-0.2, -0.15) is 0 Å². The number of hydrogen-bond donors (Lipinski definition) is 1. The van der Waals surface area contributed by atoms with Crippen LogP contribution < -0.4 is 10.2 Å². The van der Waals surface area contributed by atoms with Crippen LogP contribution in [0.1, 0.15) is 31.7 Å². The number of nitrogens with one attached hydrogen (secondary N) is 1. The lowest BCUT2D eigenvalue weighted by Gasteiger charge is -2.34. The van der Waals surface area contributed by atoms with Crippen LogP contribution in [0.5, 0.6) is 0 Å². The number of anilines is 1. The van der Waals surface area contributed by atoms with E-state index in [2.05, 4.69) is 35.1 Å². The molecule has 0 saturated carbocycles. The molecule has 3 nitrogen and oxygen atoms in total. The number of aromatic nitrogens is 1. The Morgan fingerprint density at radius 1 is 1.35 bits per heavy atom.